The highest BCUT2D eigenvalue weighted by Crippen LogP contribution is 2.35. The Hall–Kier alpha value is -5.62. The molecule has 1 aliphatic heterocycles. The molecule has 1 atom stereocenters. The zero-order chi connectivity index (χ0) is 34.2. The fourth-order valence-corrected chi connectivity index (χ4v) is 5.71. The summed E-state index contributed by atoms with van der Waals surface area (Å²) in [6, 6.07) is 19.5. The molecule has 0 spiro atoms. The third-order valence-electron chi connectivity index (χ3n) is 7.67. The van der Waals surface area contributed by atoms with Crippen molar-refractivity contribution in [3.05, 3.63) is 135 Å². The number of halogens is 2. The number of rotatable bonds is 6. The molecule has 0 radical (unpaired) electrons. The molecule has 244 valence electrons. The first-order valence-corrected chi connectivity index (χ1v) is 15.4. The predicted molar refractivity (Wildman–Crippen MR) is 176 cm³/mol. The Balaban J connectivity index is 1.36. The smallest absolute Gasteiger partial charge is 0.338 e. The number of benzene rings is 3. The minimum atomic E-state index is -1.15. The summed E-state index contributed by atoms with van der Waals surface area (Å²) in [4.78, 5) is 54.8. The van der Waals surface area contributed by atoms with Crippen LogP contribution in [-0.4, -0.2) is 54.4 Å². The van der Waals surface area contributed by atoms with Crippen LogP contribution in [0.2, 0.25) is 5.02 Å². The van der Waals surface area contributed by atoms with Crippen LogP contribution in [0.4, 0.5) is 10.1 Å². The van der Waals surface area contributed by atoms with E-state index in [9.17, 15) is 23.6 Å². The zero-order valence-corrected chi connectivity index (χ0v) is 26.9. The van der Waals surface area contributed by atoms with E-state index in [0.29, 0.717) is 28.9 Å². The maximum Gasteiger partial charge on any atom is 0.338 e. The average Bonchev–Trinajstić information content (AvgIpc) is 3.55. The Morgan fingerprint density at radius 2 is 1.69 bits per heavy atom. The van der Waals surface area contributed by atoms with Crippen molar-refractivity contribution in [2.24, 2.45) is 0 Å². The van der Waals surface area contributed by atoms with E-state index in [1.54, 1.807) is 75.5 Å². The van der Waals surface area contributed by atoms with Crippen LogP contribution in [0.1, 0.15) is 58.8 Å². The Bertz CT molecular complexity index is 2100. The molecule has 0 aliphatic carbocycles. The van der Waals surface area contributed by atoms with Crippen LogP contribution in [0.3, 0.4) is 0 Å². The summed E-state index contributed by atoms with van der Waals surface area (Å²) in [6.45, 7) is 5.40. The van der Waals surface area contributed by atoms with Gasteiger partial charge in [0.1, 0.15) is 17.3 Å². The maximum atomic E-state index is 14.7. The predicted octanol–water partition coefficient (Wildman–Crippen LogP) is 5.54. The molecule has 3 heterocycles. The van der Waals surface area contributed by atoms with Crippen molar-refractivity contribution in [3.8, 4) is 11.4 Å². The van der Waals surface area contributed by atoms with Crippen molar-refractivity contribution in [2.45, 2.75) is 38.8 Å². The van der Waals surface area contributed by atoms with Gasteiger partial charge in [0.15, 0.2) is 11.5 Å². The van der Waals surface area contributed by atoms with Crippen molar-refractivity contribution in [2.75, 3.05) is 11.9 Å². The van der Waals surface area contributed by atoms with Crippen molar-refractivity contribution in [1.82, 2.24) is 24.5 Å². The Morgan fingerprint density at radius 3 is 2.42 bits per heavy atom. The lowest BCUT2D eigenvalue weighted by Gasteiger charge is -2.36. The fourth-order valence-electron chi connectivity index (χ4n) is 5.54. The number of hydrogen-bond donors (Lipinski definition) is 1. The second kappa shape index (κ2) is 12.9. The number of anilines is 1. The van der Waals surface area contributed by atoms with E-state index in [-0.39, 0.29) is 28.5 Å². The fraction of sp³-hybridized carbons (Fsp3) is 0.200. The highest BCUT2D eigenvalue weighted by molar-refractivity contribution is 6.30. The molecule has 0 saturated heterocycles. The minimum Gasteiger partial charge on any atom is -0.456 e. The van der Waals surface area contributed by atoms with Gasteiger partial charge in [-0.2, -0.15) is 0 Å². The number of ether oxygens (including phenoxy) is 1. The number of fused-ring (bicyclic) bond motifs is 1. The van der Waals surface area contributed by atoms with Gasteiger partial charge in [-0.1, -0.05) is 41.1 Å². The highest BCUT2D eigenvalue weighted by atomic mass is 35.5. The van der Waals surface area contributed by atoms with Gasteiger partial charge in [0.25, 0.3) is 17.4 Å². The third-order valence-corrected chi connectivity index (χ3v) is 7.96. The van der Waals surface area contributed by atoms with Crippen LogP contribution >= 0.6 is 11.6 Å². The largest absolute Gasteiger partial charge is 0.456 e. The molecule has 11 nitrogen and oxygen atoms in total. The molecule has 1 N–H and O–H groups in total. The number of nitrogens with zero attached hydrogens (tertiary/aromatic N) is 5. The first kappa shape index (κ1) is 32.3. The zero-order valence-electron chi connectivity index (χ0n) is 26.2. The summed E-state index contributed by atoms with van der Waals surface area (Å²) in [5.41, 5.74) is 1.47. The number of amides is 2. The molecule has 0 bridgehead atoms. The van der Waals surface area contributed by atoms with Gasteiger partial charge in [0.2, 0.25) is 0 Å². The number of carbonyl (C=O) groups excluding carboxylic acids is 3. The molecule has 48 heavy (non-hydrogen) atoms. The highest BCUT2D eigenvalue weighted by Gasteiger charge is 2.38. The van der Waals surface area contributed by atoms with E-state index < -0.39 is 35.2 Å². The second-order valence-electron chi connectivity index (χ2n) is 12.1. The molecule has 13 heteroatoms. The molecule has 2 aromatic heterocycles. The van der Waals surface area contributed by atoms with Crippen molar-refractivity contribution >= 4 is 35.1 Å². The maximum absolute atomic E-state index is 14.7. The van der Waals surface area contributed by atoms with E-state index in [1.807, 2.05) is 0 Å². The molecular formula is C35H30ClFN6O5. The van der Waals surface area contributed by atoms with Gasteiger partial charge in [-0.05, 0) is 86.8 Å². The summed E-state index contributed by atoms with van der Waals surface area (Å²) in [7, 11) is 0. The van der Waals surface area contributed by atoms with Crippen LogP contribution in [0.5, 0.6) is 0 Å². The van der Waals surface area contributed by atoms with Gasteiger partial charge < -0.3 is 15.0 Å². The lowest BCUT2D eigenvalue weighted by Crippen LogP contribution is -2.46. The molecule has 3 aromatic carbocycles. The van der Waals surface area contributed by atoms with Crippen molar-refractivity contribution in [1.29, 1.82) is 0 Å². The van der Waals surface area contributed by atoms with Gasteiger partial charge in [-0.15, -0.1) is 5.10 Å². The standard InChI is InChI=1S/C35H30ClFN6O5/c1-35(2,3)48-34(47)21-13-15-22(16-14-21)38-32(45)31-24-8-6-10-27(41-18-5-4-12-29(41)44)23(24)17-19-42(31)33(46)26-20-43(40-39-26)28-11-7-9-25(36)30(28)37/h4-16,18,20,31H,17,19H2,1-3H3,(H,38,45). The normalized spacial score (nSPS) is 14.3. The number of esters is 1. The summed E-state index contributed by atoms with van der Waals surface area (Å²) in [5, 5.41) is 10.7. The van der Waals surface area contributed by atoms with Crippen LogP contribution in [-0.2, 0) is 16.0 Å². The van der Waals surface area contributed by atoms with Crippen molar-refractivity contribution < 1.29 is 23.5 Å². The van der Waals surface area contributed by atoms with Crippen LogP contribution in [0, 0.1) is 5.82 Å². The van der Waals surface area contributed by atoms with Crippen LogP contribution in [0.15, 0.2) is 96.1 Å². The topological polar surface area (TPSA) is 128 Å². The number of nitrogens with one attached hydrogen (secondary N) is 1. The Labute approximate surface area is 279 Å². The summed E-state index contributed by atoms with van der Waals surface area (Å²) < 4.78 is 22.7. The second-order valence-corrected chi connectivity index (χ2v) is 12.5. The van der Waals surface area contributed by atoms with Crippen LogP contribution < -0.4 is 10.9 Å². The van der Waals surface area contributed by atoms with E-state index in [2.05, 4.69) is 15.6 Å². The molecule has 5 aromatic rings. The lowest BCUT2D eigenvalue weighted by molar-refractivity contribution is -0.121. The van der Waals surface area contributed by atoms with Gasteiger partial charge in [0, 0.05) is 24.5 Å². The van der Waals surface area contributed by atoms with E-state index in [1.165, 1.54) is 46.0 Å². The van der Waals surface area contributed by atoms with Gasteiger partial charge in [0.05, 0.1) is 22.5 Å². The molecule has 6 rings (SSSR count). The molecule has 1 unspecified atom stereocenters. The third kappa shape index (κ3) is 6.47. The molecule has 1 aliphatic rings. The number of pyridine rings is 1. The van der Waals surface area contributed by atoms with E-state index in [4.69, 9.17) is 16.3 Å². The first-order chi connectivity index (χ1) is 22.9. The monoisotopic (exact) mass is 668 g/mol. The Morgan fingerprint density at radius 1 is 0.958 bits per heavy atom. The molecular weight excluding hydrogens is 639 g/mol. The SMILES string of the molecule is CC(C)(C)OC(=O)c1ccc(NC(=O)C2c3cccc(-n4ccccc4=O)c3CCN2C(=O)c2cn(-c3cccc(Cl)c3F)nn2)cc1. The van der Waals surface area contributed by atoms with Crippen LogP contribution in [0.25, 0.3) is 11.4 Å². The summed E-state index contributed by atoms with van der Waals surface area (Å²) in [5.74, 6) is -2.39. The average molecular weight is 669 g/mol. The summed E-state index contributed by atoms with van der Waals surface area (Å²) in [6.07, 6.45) is 3.24. The number of carbonyl (C=O) groups is 3. The van der Waals surface area contributed by atoms with Gasteiger partial charge in [-0.25, -0.2) is 13.9 Å². The van der Waals surface area contributed by atoms with Gasteiger partial charge in [-0.3, -0.25) is 19.0 Å². The molecule has 2 amide bonds. The van der Waals surface area contributed by atoms with E-state index >= 15 is 0 Å². The van der Waals surface area contributed by atoms with Crippen molar-refractivity contribution in [3.63, 3.8) is 0 Å². The first-order valence-electron chi connectivity index (χ1n) is 15.0. The van der Waals surface area contributed by atoms with E-state index in [0.717, 1.165) is 10.2 Å². The number of aromatic nitrogens is 4. The molecule has 0 saturated carbocycles. The minimum absolute atomic E-state index is 0.0000984. The summed E-state index contributed by atoms with van der Waals surface area (Å²) >= 11 is 5.94. The lowest BCUT2D eigenvalue weighted by atomic mass is 9.90. The molecule has 0 fully saturated rings. The quantitative estimate of drug-likeness (QED) is 0.235. The number of hydrogen-bond acceptors (Lipinski definition) is 7. The Kier molecular flexibility index (Phi) is 8.67. The van der Waals surface area contributed by atoms with Gasteiger partial charge >= 0.3 is 5.97 Å².